The average molecular weight is 250 g/mol. The van der Waals surface area contributed by atoms with Crippen LogP contribution in [0.5, 0.6) is 0 Å². The van der Waals surface area contributed by atoms with E-state index in [4.69, 9.17) is 0 Å². The summed E-state index contributed by atoms with van der Waals surface area (Å²) in [6, 6.07) is 0. The number of aromatic nitrogens is 2. The number of amides is 1. The highest BCUT2D eigenvalue weighted by Gasteiger charge is 2.16. The highest BCUT2D eigenvalue weighted by atomic mass is 16.1. The minimum atomic E-state index is -0.264. The number of hydrogen-bond donors (Lipinski definition) is 2. The van der Waals surface area contributed by atoms with Gasteiger partial charge in [0.05, 0.1) is 5.56 Å². The van der Waals surface area contributed by atoms with E-state index in [1.165, 1.54) is 12.4 Å². The fourth-order valence-electron chi connectivity index (χ4n) is 1.26. The quantitative estimate of drug-likeness (QED) is 0.844. The third kappa shape index (κ3) is 5.12. The molecule has 0 saturated heterocycles. The van der Waals surface area contributed by atoms with Gasteiger partial charge in [-0.15, -0.1) is 0 Å². The summed E-state index contributed by atoms with van der Waals surface area (Å²) in [4.78, 5) is 20.1. The third-order valence-corrected chi connectivity index (χ3v) is 1.89. The SMILES string of the molecule is CC(C)(C)NC(=O)c1cnc(NC(C)(C)C)nc1. The van der Waals surface area contributed by atoms with Crippen molar-refractivity contribution in [1.82, 2.24) is 15.3 Å². The summed E-state index contributed by atoms with van der Waals surface area (Å²) in [6.45, 7) is 11.9. The number of hydrogen-bond acceptors (Lipinski definition) is 4. The molecule has 0 saturated carbocycles. The second kappa shape index (κ2) is 4.92. The predicted octanol–water partition coefficient (Wildman–Crippen LogP) is 2.22. The van der Waals surface area contributed by atoms with Crippen molar-refractivity contribution in [1.29, 1.82) is 0 Å². The lowest BCUT2D eigenvalue weighted by atomic mass is 10.1. The molecule has 0 fully saturated rings. The lowest BCUT2D eigenvalue weighted by Gasteiger charge is -2.21. The second-order valence-corrected chi connectivity index (χ2v) is 6.37. The van der Waals surface area contributed by atoms with Crippen molar-refractivity contribution in [2.24, 2.45) is 0 Å². The minimum absolute atomic E-state index is 0.102. The zero-order valence-electron chi connectivity index (χ0n) is 12.0. The van der Waals surface area contributed by atoms with Gasteiger partial charge in [0.25, 0.3) is 5.91 Å². The molecule has 0 aromatic carbocycles. The van der Waals surface area contributed by atoms with Gasteiger partial charge in [0.2, 0.25) is 5.95 Å². The molecular weight excluding hydrogens is 228 g/mol. The van der Waals surface area contributed by atoms with Gasteiger partial charge in [0.15, 0.2) is 0 Å². The molecule has 0 bridgehead atoms. The van der Waals surface area contributed by atoms with Crippen LogP contribution in [0.2, 0.25) is 0 Å². The maximum absolute atomic E-state index is 11.8. The number of anilines is 1. The molecule has 100 valence electrons. The Hall–Kier alpha value is -1.65. The lowest BCUT2D eigenvalue weighted by Crippen LogP contribution is -2.40. The van der Waals surface area contributed by atoms with Crippen molar-refractivity contribution in [3.8, 4) is 0 Å². The Bertz CT molecular complexity index is 412. The Kier molecular flexibility index (Phi) is 3.94. The van der Waals surface area contributed by atoms with Crippen LogP contribution in [0.3, 0.4) is 0 Å². The molecule has 1 heterocycles. The molecule has 0 aliphatic carbocycles. The van der Waals surface area contributed by atoms with Gasteiger partial charge in [-0.05, 0) is 41.5 Å². The third-order valence-electron chi connectivity index (χ3n) is 1.89. The van der Waals surface area contributed by atoms with E-state index in [2.05, 4.69) is 20.6 Å². The van der Waals surface area contributed by atoms with E-state index in [1.807, 2.05) is 41.5 Å². The summed E-state index contributed by atoms with van der Waals surface area (Å²) in [7, 11) is 0. The van der Waals surface area contributed by atoms with Crippen LogP contribution in [0.4, 0.5) is 5.95 Å². The van der Waals surface area contributed by atoms with Crippen LogP contribution in [-0.2, 0) is 0 Å². The van der Waals surface area contributed by atoms with Crippen LogP contribution in [0.25, 0.3) is 0 Å². The van der Waals surface area contributed by atoms with E-state index in [9.17, 15) is 4.79 Å². The Labute approximate surface area is 108 Å². The molecule has 1 rings (SSSR count). The summed E-state index contributed by atoms with van der Waals surface area (Å²) < 4.78 is 0. The van der Waals surface area contributed by atoms with Crippen molar-refractivity contribution in [2.45, 2.75) is 52.6 Å². The molecule has 0 radical (unpaired) electrons. The molecule has 18 heavy (non-hydrogen) atoms. The summed E-state index contributed by atoms with van der Waals surface area (Å²) in [6.07, 6.45) is 3.06. The molecule has 5 nitrogen and oxygen atoms in total. The van der Waals surface area contributed by atoms with Gasteiger partial charge in [-0.25, -0.2) is 9.97 Å². The van der Waals surface area contributed by atoms with E-state index in [1.54, 1.807) is 0 Å². The monoisotopic (exact) mass is 250 g/mol. The summed E-state index contributed by atoms with van der Waals surface area (Å²) >= 11 is 0. The maximum atomic E-state index is 11.8. The molecule has 1 amide bonds. The molecule has 0 spiro atoms. The van der Waals surface area contributed by atoms with Crippen LogP contribution in [-0.4, -0.2) is 27.0 Å². The van der Waals surface area contributed by atoms with Crippen molar-refractivity contribution in [2.75, 3.05) is 5.32 Å². The van der Waals surface area contributed by atoms with Crippen LogP contribution in [0.15, 0.2) is 12.4 Å². The summed E-state index contributed by atoms with van der Waals surface area (Å²) in [5.41, 5.74) is 0.0959. The minimum Gasteiger partial charge on any atom is -0.350 e. The van der Waals surface area contributed by atoms with Crippen LogP contribution in [0, 0.1) is 0 Å². The van der Waals surface area contributed by atoms with Gasteiger partial charge in [-0.2, -0.15) is 0 Å². The molecular formula is C13H22N4O. The zero-order valence-corrected chi connectivity index (χ0v) is 12.0. The predicted molar refractivity (Wildman–Crippen MR) is 72.6 cm³/mol. The average Bonchev–Trinajstić information content (AvgIpc) is 2.13. The van der Waals surface area contributed by atoms with Gasteiger partial charge in [-0.3, -0.25) is 4.79 Å². The Balaban J connectivity index is 2.74. The van der Waals surface area contributed by atoms with E-state index in [0.717, 1.165) is 0 Å². The van der Waals surface area contributed by atoms with E-state index < -0.39 is 0 Å². The van der Waals surface area contributed by atoms with Gasteiger partial charge in [-0.1, -0.05) is 0 Å². The Morgan fingerprint density at radius 2 is 1.50 bits per heavy atom. The molecule has 1 aromatic rings. The van der Waals surface area contributed by atoms with Crippen molar-refractivity contribution in [3.63, 3.8) is 0 Å². The normalized spacial score (nSPS) is 12.1. The standard InChI is InChI=1S/C13H22N4O/c1-12(2,3)16-10(18)9-7-14-11(15-8-9)17-13(4,5)6/h7-8H,1-6H3,(H,16,18)(H,14,15,17). The number of carbonyl (C=O) groups excluding carboxylic acids is 1. The Morgan fingerprint density at radius 3 is 1.89 bits per heavy atom. The first-order chi connectivity index (χ1) is 8.07. The molecule has 1 aromatic heterocycles. The highest BCUT2D eigenvalue weighted by Crippen LogP contribution is 2.09. The summed E-state index contributed by atoms with van der Waals surface area (Å²) in [5, 5.41) is 6.01. The first-order valence-electron chi connectivity index (χ1n) is 6.00. The lowest BCUT2D eigenvalue weighted by molar-refractivity contribution is 0.0919. The van der Waals surface area contributed by atoms with Gasteiger partial charge < -0.3 is 10.6 Å². The maximum Gasteiger partial charge on any atom is 0.254 e. The smallest absolute Gasteiger partial charge is 0.254 e. The van der Waals surface area contributed by atoms with Gasteiger partial charge in [0.1, 0.15) is 0 Å². The Morgan fingerprint density at radius 1 is 1.00 bits per heavy atom. The summed E-state index contributed by atoms with van der Waals surface area (Å²) in [5.74, 6) is 0.361. The second-order valence-electron chi connectivity index (χ2n) is 6.37. The van der Waals surface area contributed by atoms with E-state index in [-0.39, 0.29) is 17.0 Å². The fourth-order valence-corrected chi connectivity index (χ4v) is 1.26. The first kappa shape index (κ1) is 14.4. The molecule has 0 atom stereocenters. The van der Waals surface area contributed by atoms with Crippen LogP contribution >= 0.6 is 0 Å². The topological polar surface area (TPSA) is 66.9 Å². The molecule has 0 aliphatic heterocycles. The van der Waals surface area contributed by atoms with Gasteiger partial charge in [0, 0.05) is 23.5 Å². The number of nitrogens with one attached hydrogen (secondary N) is 2. The zero-order chi connectivity index (χ0) is 14.0. The van der Waals surface area contributed by atoms with Crippen molar-refractivity contribution < 1.29 is 4.79 Å². The number of carbonyl (C=O) groups is 1. The van der Waals surface area contributed by atoms with Gasteiger partial charge >= 0.3 is 0 Å². The van der Waals surface area contributed by atoms with Crippen molar-refractivity contribution in [3.05, 3.63) is 18.0 Å². The molecule has 0 unspecified atom stereocenters. The number of rotatable bonds is 2. The largest absolute Gasteiger partial charge is 0.350 e. The van der Waals surface area contributed by atoms with E-state index >= 15 is 0 Å². The van der Waals surface area contributed by atoms with Crippen molar-refractivity contribution >= 4 is 11.9 Å². The highest BCUT2D eigenvalue weighted by molar-refractivity contribution is 5.94. The molecule has 0 aliphatic rings. The van der Waals surface area contributed by atoms with Crippen LogP contribution < -0.4 is 10.6 Å². The van der Waals surface area contributed by atoms with Crippen LogP contribution in [0.1, 0.15) is 51.9 Å². The molecule has 2 N–H and O–H groups in total. The fraction of sp³-hybridized carbons (Fsp3) is 0.615. The molecule has 5 heteroatoms. The first-order valence-corrected chi connectivity index (χ1v) is 6.00. The number of nitrogens with zero attached hydrogens (tertiary/aromatic N) is 2. The van der Waals surface area contributed by atoms with E-state index in [0.29, 0.717) is 11.5 Å².